The third-order valence-electron chi connectivity index (χ3n) is 9.78. The molecule has 9 aromatic rings. The molecule has 2 heteroatoms. The Hall–Kier alpha value is -5.86. The van der Waals surface area contributed by atoms with Crippen LogP contribution >= 0.6 is 0 Å². The van der Waals surface area contributed by atoms with E-state index in [2.05, 4.69) is 134 Å². The highest BCUT2D eigenvalue weighted by molar-refractivity contribution is 6.14. The Kier molecular flexibility index (Phi) is 5.30. The molecule has 0 saturated carbocycles. The predicted octanol–water partition coefficient (Wildman–Crippen LogP) is 12.4. The largest absolute Gasteiger partial charge is 0.456 e. The molecule has 2 aromatic heterocycles. The van der Waals surface area contributed by atoms with Crippen LogP contribution in [0.2, 0.25) is 0 Å². The number of fused-ring (bicyclic) bond motifs is 11. The molecular weight excluding hydrogens is 560 g/mol. The van der Waals surface area contributed by atoms with Crippen molar-refractivity contribution in [1.29, 1.82) is 0 Å². The van der Waals surface area contributed by atoms with Crippen LogP contribution in [0.5, 0.6) is 0 Å². The molecule has 1 aliphatic rings. The molecule has 0 unspecified atom stereocenters. The van der Waals surface area contributed by atoms with Crippen LogP contribution in [0.4, 0.5) is 0 Å². The van der Waals surface area contributed by atoms with Gasteiger partial charge >= 0.3 is 0 Å². The summed E-state index contributed by atoms with van der Waals surface area (Å²) in [7, 11) is 0. The summed E-state index contributed by atoms with van der Waals surface area (Å²) in [6, 6.07) is 50.4. The van der Waals surface area contributed by atoms with Crippen LogP contribution in [-0.2, 0) is 6.42 Å². The Morgan fingerprint density at radius 3 is 1.50 bits per heavy atom. The molecule has 0 spiro atoms. The van der Waals surface area contributed by atoms with Gasteiger partial charge in [0, 0.05) is 21.5 Å². The molecular formula is C44H28O2. The molecule has 10 rings (SSSR count). The first-order valence-corrected chi connectivity index (χ1v) is 15.9. The molecule has 216 valence electrons. The van der Waals surface area contributed by atoms with E-state index in [0.29, 0.717) is 0 Å². The Morgan fingerprint density at radius 2 is 0.913 bits per heavy atom. The minimum atomic E-state index is 0.872. The van der Waals surface area contributed by atoms with E-state index in [9.17, 15) is 0 Å². The van der Waals surface area contributed by atoms with Crippen molar-refractivity contribution in [2.75, 3.05) is 0 Å². The van der Waals surface area contributed by atoms with Gasteiger partial charge in [0.25, 0.3) is 0 Å². The Balaban J connectivity index is 1.18. The summed E-state index contributed by atoms with van der Waals surface area (Å²) in [5, 5.41) is 4.65. The highest BCUT2D eigenvalue weighted by Crippen LogP contribution is 2.46. The lowest BCUT2D eigenvalue weighted by molar-refractivity contribution is 0.668. The summed E-state index contributed by atoms with van der Waals surface area (Å²) < 4.78 is 12.5. The zero-order chi connectivity index (χ0) is 30.4. The van der Waals surface area contributed by atoms with Gasteiger partial charge in [-0.2, -0.15) is 0 Å². The van der Waals surface area contributed by atoms with Crippen molar-refractivity contribution in [3.05, 3.63) is 156 Å². The van der Waals surface area contributed by atoms with Crippen molar-refractivity contribution in [3.8, 4) is 44.5 Å². The van der Waals surface area contributed by atoms with Gasteiger partial charge in [-0.05, 0) is 105 Å². The van der Waals surface area contributed by atoms with Gasteiger partial charge in [0.1, 0.15) is 22.3 Å². The number of para-hydroxylation sites is 2. The molecule has 46 heavy (non-hydrogen) atoms. The normalized spacial score (nSPS) is 12.4. The van der Waals surface area contributed by atoms with E-state index < -0.39 is 0 Å². The quantitative estimate of drug-likeness (QED) is 0.201. The minimum Gasteiger partial charge on any atom is -0.456 e. The topological polar surface area (TPSA) is 26.3 Å². The van der Waals surface area contributed by atoms with E-state index in [1.807, 2.05) is 12.1 Å². The maximum Gasteiger partial charge on any atom is 0.136 e. The van der Waals surface area contributed by atoms with Gasteiger partial charge in [-0.25, -0.2) is 0 Å². The molecule has 0 amide bonds. The molecule has 1 aliphatic carbocycles. The summed E-state index contributed by atoms with van der Waals surface area (Å²) in [5.41, 5.74) is 17.6. The molecule has 7 aromatic carbocycles. The lowest BCUT2D eigenvalue weighted by Gasteiger charge is -2.14. The molecule has 0 saturated heterocycles. The van der Waals surface area contributed by atoms with Gasteiger partial charge in [0.05, 0.1) is 0 Å². The van der Waals surface area contributed by atoms with Crippen molar-refractivity contribution in [3.63, 3.8) is 0 Å². The maximum atomic E-state index is 6.25. The Labute approximate surface area is 266 Å². The summed E-state index contributed by atoms with van der Waals surface area (Å²) in [5.74, 6) is 0. The molecule has 0 bridgehead atoms. The van der Waals surface area contributed by atoms with Crippen molar-refractivity contribution in [1.82, 2.24) is 0 Å². The summed E-state index contributed by atoms with van der Waals surface area (Å²) in [6.07, 6.45) is 0.872. The summed E-state index contributed by atoms with van der Waals surface area (Å²) in [4.78, 5) is 0. The van der Waals surface area contributed by atoms with Gasteiger partial charge in [-0.15, -0.1) is 0 Å². The zero-order valence-corrected chi connectivity index (χ0v) is 25.3. The summed E-state index contributed by atoms with van der Waals surface area (Å²) in [6.45, 7) is 2.19. The fraction of sp³-hybridized carbons (Fsp3) is 0.0455. The van der Waals surface area contributed by atoms with E-state index >= 15 is 0 Å². The molecule has 0 aliphatic heterocycles. The molecule has 0 atom stereocenters. The second-order valence-electron chi connectivity index (χ2n) is 12.5. The first-order chi connectivity index (χ1) is 22.7. The average Bonchev–Trinajstić information content (AvgIpc) is 3.63. The first-order valence-electron chi connectivity index (χ1n) is 15.9. The van der Waals surface area contributed by atoms with E-state index in [1.165, 1.54) is 72.0 Å². The lowest BCUT2D eigenvalue weighted by Crippen LogP contribution is -1.92. The van der Waals surface area contributed by atoms with E-state index in [0.717, 1.165) is 39.5 Å². The standard InChI is InChI=1S/C44H28O2/c1-26-16-21-33-36-24-29(31-10-6-14-41-43(31)34-8-2-4-12-39(34)45-41)19-17-27(36)23-28-18-20-30(25-37(28)38(33)22-26)32-11-7-15-42-44(32)35-9-3-5-13-40(35)46-42/h2-22,24-25H,23H2,1H3. The van der Waals surface area contributed by atoms with Gasteiger partial charge in [0.2, 0.25) is 0 Å². The number of benzene rings is 7. The van der Waals surface area contributed by atoms with Gasteiger partial charge < -0.3 is 8.83 Å². The smallest absolute Gasteiger partial charge is 0.136 e. The molecule has 0 radical (unpaired) electrons. The van der Waals surface area contributed by atoms with Crippen LogP contribution in [0.25, 0.3) is 88.4 Å². The molecule has 0 N–H and O–H groups in total. The predicted molar refractivity (Wildman–Crippen MR) is 190 cm³/mol. The highest BCUT2D eigenvalue weighted by Gasteiger charge is 2.22. The molecule has 2 heterocycles. The average molecular weight is 589 g/mol. The lowest BCUT2D eigenvalue weighted by atomic mass is 9.89. The van der Waals surface area contributed by atoms with Gasteiger partial charge in [-0.1, -0.05) is 109 Å². The van der Waals surface area contributed by atoms with Gasteiger partial charge in [0.15, 0.2) is 0 Å². The second kappa shape index (κ2) is 9.57. The van der Waals surface area contributed by atoms with E-state index in [4.69, 9.17) is 8.83 Å². The Morgan fingerprint density at radius 1 is 0.391 bits per heavy atom. The van der Waals surface area contributed by atoms with Crippen molar-refractivity contribution >= 4 is 43.9 Å². The molecule has 0 fully saturated rings. The number of rotatable bonds is 2. The summed E-state index contributed by atoms with van der Waals surface area (Å²) >= 11 is 0. The Bertz CT molecular complexity index is 2680. The SMILES string of the molecule is Cc1ccc2c(c1)-c1cc(-c3cccc4oc5ccccc5c34)ccc1Cc1ccc(-c3cccc4oc5ccccc5c34)cc1-2. The third-order valence-corrected chi connectivity index (χ3v) is 9.78. The van der Waals surface area contributed by atoms with E-state index in [-0.39, 0.29) is 0 Å². The number of aryl methyl sites for hydroxylation is 1. The van der Waals surface area contributed by atoms with Crippen molar-refractivity contribution in [2.45, 2.75) is 13.3 Å². The first kappa shape index (κ1) is 25.5. The monoisotopic (exact) mass is 588 g/mol. The van der Waals surface area contributed by atoms with Crippen LogP contribution < -0.4 is 0 Å². The van der Waals surface area contributed by atoms with Crippen LogP contribution in [0.3, 0.4) is 0 Å². The second-order valence-corrected chi connectivity index (χ2v) is 12.5. The van der Waals surface area contributed by atoms with Crippen molar-refractivity contribution in [2.24, 2.45) is 0 Å². The van der Waals surface area contributed by atoms with Crippen molar-refractivity contribution < 1.29 is 8.83 Å². The fourth-order valence-corrected chi connectivity index (χ4v) is 7.65. The fourth-order valence-electron chi connectivity index (χ4n) is 7.65. The molecule has 2 nitrogen and oxygen atoms in total. The minimum absolute atomic E-state index is 0.872. The maximum absolute atomic E-state index is 6.25. The van der Waals surface area contributed by atoms with Crippen LogP contribution in [0.1, 0.15) is 16.7 Å². The van der Waals surface area contributed by atoms with Crippen LogP contribution in [0, 0.1) is 6.92 Å². The third kappa shape index (κ3) is 3.71. The highest BCUT2D eigenvalue weighted by atomic mass is 16.3. The van der Waals surface area contributed by atoms with Crippen LogP contribution in [-0.4, -0.2) is 0 Å². The zero-order valence-electron chi connectivity index (χ0n) is 25.3. The number of hydrogen-bond donors (Lipinski definition) is 0. The van der Waals surface area contributed by atoms with Gasteiger partial charge in [-0.3, -0.25) is 0 Å². The number of furan rings is 2. The number of hydrogen-bond acceptors (Lipinski definition) is 2. The van der Waals surface area contributed by atoms with E-state index in [1.54, 1.807) is 0 Å². The van der Waals surface area contributed by atoms with Crippen LogP contribution in [0.15, 0.2) is 148 Å².